The molecule has 0 radical (unpaired) electrons. The third-order valence-electron chi connectivity index (χ3n) is 4.27. The van der Waals surface area contributed by atoms with Gasteiger partial charge in [-0.05, 0) is 49.7 Å². The maximum absolute atomic E-state index is 12.7. The molecule has 0 saturated heterocycles. The van der Waals surface area contributed by atoms with Crippen molar-refractivity contribution in [3.63, 3.8) is 0 Å². The first-order valence-corrected chi connectivity index (χ1v) is 10.1. The number of nitrogens with zero attached hydrogens (tertiary/aromatic N) is 1. The molecule has 0 unspecified atom stereocenters. The molecular weight excluding hydrogens is 389 g/mol. The zero-order valence-electron chi connectivity index (χ0n) is 14.6. The van der Waals surface area contributed by atoms with Crippen molar-refractivity contribution in [3.05, 3.63) is 81.0 Å². The molecule has 2 heterocycles. The molecule has 1 aromatic carbocycles. The lowest BCUT2D eigenvalue weighted by Gasteiger charge is -2.08. The van der Waals surface area contributed by atoms with Gasteiger partial charge in [-0.3, -0.25) is 4.79 Å². The van der Waals surface area contributed by atoms with Crippen LogP contribution >= 0.6 is 35.0 Å². The monoisotopic (exact) mass is 407 g/mol. The largest absolute Gasteiger partial charge is 0.467 e. The SMILES string of the molecule is Cc1cc(C(=O)CSCc2ccc(Cl)cc2Cl)c(C)n1Cc1ccco1. The molecular formula is C20H19Cl2NO2S. The van der Waals surface area contributed by atoms with Crippen LogP contribution in [-0.2, 0) is 12.3 Å². The Morgan fingerprint density at radius 1 is 1.19 bits per heavy atom. The second-order valence-electron chi connectivity index (χ2n) is 6.10. The van der Waals surface area contributed by atoms with Gasteiger partial charge in [-0.25, -0.2) is 0 Å². The van der Waals surface area contributed by atoms with Gasteiger partial charge < -0.3 is 8.98 Å². The van der Waals surface area contributed by atoms with Gasteiger partial charge in [0.25, 0.3) is 0 Å². The summed E-state index contributed by atoms with van der Waals surface area (Å²) in [5.74, 6) is 2.08. The van der Waals surface area contributed by atoms with Crippen LogP contribution in [0.25, 0.3) is 0 Å². The van der Waals surface area contributed by atoms with Crippen LogP contribution in [0.5, 0.6) is 0 Å². The number of aromatic nitrogens is 1. The maximum Gasteiger partial charge on any atom is 0.174 e. The van der Waals surface area contributed by atoms with Crippen molar-refractivity contribution in [1.82, 2.24) is 4.57 Å². The molecule has 0 bridgehead atoms. The van der Waals surface area contributed by atoms with Gasteiger partial charge in [0.15, 0.2) is 5.78 Å². The molecule has 0 saturated carbocycles. The van der Waals surface area contributed by atoms with E-state index in [9.17, 15) is 4.79 Å². The number of rotatable bonds is 7. The summed E-state index contributed by atoms with van der Waals surface area (Å²) in [5.41, 5.74) is 3.77. The normalized spacial score (nSPS) is 11.1. The summed E-state index contributed by atoms with van der Waals surface area (Å²) in [6.07, 6.45) is 1.66. The van der Waals surface area contributed by atoms with E-state index in [-0.39, 0.29) is 5.78 Å². The van der Waals surface area contributed by atoms with Gasteiger partial charge in [-0.15, -0.1) is 11.8 Å². The highest BCUT2D eigenvalue weighted by atomic mass is 35.5. The molecule has 0 aliphatic rings. The number of halogens is 2. The van der Waals surface area contributed by atoms with Gasteiger partial charge in [-0.2, -0.15) is 0 Å². The lowest BCUT2D eigenvalue weighted by atomic mass is 10.2. The molecule has 0 amide bonds. The molecule has 0 N–H and O–H groups in total. The Morgan fingerprint density at radius 3 is 2.69 bits per heavy atom. The van der Waals surface area contributed by atoms with Crippen LogP contribution in [0.4, 0.5) is 0 Å². The summed E-state index contributed by atoms with van der Waals surface area (Å²) >= 11 is 13.6. The third-order valence-corrected chi connectivity index (χ3v) is 5.84. The lowest BCUT2D eigenvalue weighted by Crippen LogP contribution is -2.07. The molecule has 0 aliphatic heterocycles. The fourth-order valence-corrected chi connectivity index (χ4v) is 4.32. The highest BCUT2D eigenvalue weighted by Gasteiger charge is 2.16. The molecule has 0 aliphatic carbocycles. The Labute approximate surface area is 167 Å². The molecule has 0 fully saturated rings. The van der Waals surface area contributed by atoms with Crippen molar-refractivity contribution in [2.75, 3.05) is 5.75 Å². The van der Waals surface area contributed by atoms with Gasteiger partial charge in [0.2, 0.25) is 0 Å². The maximum atomic E-state index is 12.7. The molecule has 2 aromatic heterocycles. The number of thioether (sulfide) groups is 1. The Bertz CT molecular complexity index is 916. The summed E-state index contributed by atoms with van der Waals surface area (Å²) in [6.45, 7) is 4.61. The van der Waals surface area contributed by atoms with Crippen LogP contribution in [-0.4, -0.2) is 16.1 Å². The van der Waals surface area contributed by atoms with Crippen LogP contribution in [0.2, 0.25) is 10.0 Å². The molecule has 136 valence electrons. The van der Waals surface area contributed by atoms with Crippen molar-refractivity contribution >= 4 is 40.7 Å². The fraction of sp³-hybridized carbons (Fsp3) is 0.250. The van der Waals surface area contributed by atoms with Crippen LogP contribution in [0.3, 0.4) is 0 Å². The second kappa shape index (κ2) is 8.38. The second-order valence-corrected chi connectivity index (χ2v) is 7.93. The van der Waals surface area contributed by atoms with E-state index in [0.717, 1.165) is 28.3 Å². The highest BCUT2D eigenvalue weighted by molar-refractivity contribution is 7.99. The number of hydrogen-bond acceptors (Lipinski definition) is 3. The van der Waals surface area contributed by atoms with Gasteiger partial charge in [0.05, 0.1) is 18.6 Å². The molecule has 3 nitrogen and oxygen atoms in total. The van der Waals surface area contributed by atoms with E-state index in [1.165, 1.54) is 0 Å². The predicted octanol–water partition coefficient (Wildman–Crippen LogP) is 6.17. The first kappa shape index (κ1) is 19.2. The quantitative estimate of drug-likeness (QED) is 0.439. The van der Waals surface area contributed by atoms with Gasteiger partial charge in [-0.1, -0.05) is 29.3 Å². The minimum Gasteiger partial charge on any atom is -0.467 e. The van der Waals surface area contributed by atoms with Crippen LogP contribution in [0, 0.1) is 13.8 Å². The van der Waals surface area contributed by atoms with E-state index < -0.39 is 0 Å². The average molecular weight is 408 g/mol. The van der Waals surface area contributed by atoms with E-state index in [1.807, 2.05) is 44.2 Å². The summed E-state index contributed by atoms with van der Waals surface area (Å²) in [4.78, 5) is 12.7. The van der Waals surface area contributed by atoms with E-state index in [2.05, 4.69) is 4.57 Å². The lowest BCUT2D eigenvalue weighted by molar-refractivity contribution is 0.102. The summed E-state index contributed by atoms with van der Waals surface area (Å²) in [7, 11) is 0. The topological polar surface area (TPSA) is 35.1 Å². The standard InChI is InChI=1S/C20H19Cl2NO2S/c1-13-8-18(14(2)23(13)10-17-4-3-7-25-17)20(24)12-26-11-15-5-6-16(21)9-19(15)22/h3-9H,10-12H2,1-2H3. The zero-order chi connectivity index (χ0) is 18.7. The van der Waals surface area contributed by atoms with E-state index in [0.29, 0.717) is 28.1 Å². The smallest absolute Gasteiger partial charge is 0.174 e. The van der Waals surface area contributed by atoms with Crippen LogP contribution in [0.15, 0.2) is 47.1 Å². The van der Waals surface area contributed by atoms with Crippen LogP contribution < -0.4 is 0 Å². The number of carbonyl (C=O) groups excluding carboxylic acids is 1. The van der Waals surface area contributed by atoms with Gasteiger partial charge in [0.1, 0.15) is 5.76 Å². The summed E-state index contributed by atoms with van der Waals surface area (Å²) in [6, 6.07) is 11.2. The zero-order valence-corrected chi connectivity index (χ0v) is 16.9. The average Bonchev–Trinajstić information content (AvgIpc) is 3.20. The number of aryl methyl sites for hydroxylation is 1. The van der Waals surface area contributed by atoms with Gasteiger partial charge >= 0.3 is 0 Å². The van der Waals surface area contributed by atoms with E-state index >= 15 is 0 Å². The minimum absolute atomic E-state index is 0.124. The van der Waals surface area contributed by atoms with Crippen LogP contribution in [0.1, 0.15) is 33.1 Å². The number of ketones is 1. The van der Waals surface area contributed by atoms with Crippen molar-refractivity contribution in [2.24, 2.45) is 0 Å². The van der Waals surface area contributed by atoms with Gasteiger partial charge in [0, 0.05) is 32.7 Å². The molecule has 0 atom stereocenters. The third kappa shape index (κ3) is 4.37. The Morgan fingerprint density at radius 2 is 2.00 bits per heavy atom. The van der Waals surface area contributed by atoms with E-state index in [4.69, 9.17) is 27.6 Å². The first-order valence-electron chi connectivity index (χ1n) is 8.19. The van der Waals surface area contributed by atoms with E-state index in [1.54, 1.807) is 24.1 Å². The van der Waals surface area contributed by atoms with Crippen molar-refractivity contribution in [1.29, 1.82) is 0 Å². The molecule has 26 heavy (non-hydrogen) atoms. The fourth-order valence-electron chi connectivity index (χ4n) is 2.86. The molecule has 3 rings (SSSR count). The predicted molar refractivity (Wildman–Crippen MR) is 109 cm³/mol. The Kier molecular flexibility index (Phi) is 6.17. The molecule has 3 aromatic rings. The van der Waals surface area contributed by atoms with Crippen molar-refractivity contribution in [3.8, 4) is 0 Å². The minimum atomic E-state index is 0.124. The number of benzene rings is 1. The number of hydrogen-bond donors (Lipinski definition) is 0. The highest BCUT2D eigenvalue weighted by Crippen LogP contribution is 2.26. The first-order chi connectivity index (χ1) is 12.5. The number of furan rings is 1. The Balaban J connectivity index is 1.64. The Hall–Kier alpha value is -1.62. The van der Waals surface area contributed by atoms with Crippen molar-refractivity contribution < 1.29 is 9.21 Å². The molecule has 6 heteroatoms. The van der Waals surface area contributed by atoms with Crippen molar-refractivity contribution in [2.45, 2.75) is 26.1 Å². The number of carbonyl (C=O) groups is 1. The summed E-state index contributed by atoms with van der Waals surface area (Å²) < 4.78 is 7.52. The summed E-state index contributed by atoms with van der Waals surface area (Å²) in [5, 5.41) is 1.25. The number of Topliss-reactive ketones (excluding diaryl/α,β-unsaturated/α-hetero) is 1. The molecule has 0 spiro atoms.